The predicted octanol–water partition coefficient (Wildman–Crippen LogP) is 2.06. The van der Waals surface area contributed by atoms with Crippen molar-refractivity contribution in [1.82, 2.24) is 10.7 Å². The maximum atomic E-state index is 12.5. The molecular formula is C19H20N3O2+. The van der Waals surface area contributed by atoms with Gasteiger partial charge in [0.25, 0.3) is 5.91 Å². The van der Waals surface area contributed by atoms with E-state index in [1.807, 2.05) is 49.5 Å². The maximum absolute atomic E-state index is 12.5. The number of carbonyl (C=O) groups excluding carboxylic acids is 2. The van der Waals surface area contributed by atoms with Gasteiger partial charge in [-0.1, -0.05) is 55.5 Å². The van der Waals surface area contributed by atoms with Crippen molar-refractivity contribution >= 4 is 18.0 Å². The molecule has 1 fully saturated rings. The quantitative estimate of drug-likeness (QED) is 0.847. The van der Waals surface area contributed by atoms with Crippen LogP contribution >= 0.6 is 0 Å². The van der Waals surface area contributed by atoms with Crippen LogP contribution in [-0.2, 0) is 4.79 Å². The van der Waals surface area contributed by atoms with Gasteiger partial charge in [-0.2, -0.15) is 0 Å². The second-order valence-electron chi connectivity index (χ2n) is 5.65. The third-order valence-electron chi connectivity index (χ3n) is 3.98. The van der Waals surface area contributed by atoms with Crippen LogP contribution in [0.3, 0.4) is 0 Å². The van der Waals surface area contributed by atoms with Crippen LogP contribution in [0.15, 0.2) is 60.7 Å². The van der Waals surface area contributed by atoms with E-state index < -0.39 is 6.04 Å². The van der Waals surface area contributed by atoms with Crippen molar-refractivity contribution in [3.63, 3.8) is 0 Å². The molecule has 5 nitrogen and oxygen atoms in total. The standard InChI is InChI=1S/C19H19N3O2/c1-2-13-22-17(14-9-5-3-6-10-14)16(19(24)21-22)20-18(23)15-11-7-4-8-12-15/h3-13,16-17H,2H2,1H3,(H-,20,21,23,24)/p+1/b22-13+/t16-,17-/m1/s1. The van der Waals surface area contributed by atoms with Gasteiger partial charge in [0.2, 0.25) is 6.04 Å². The summed E-state index contributed by atoms with van der Waals surface area (Å²) in [5.41, 5.74) is 4.34. The van der Waals surface area contributed by atoms with Crippen molar-refractivity contribution in [2.45, 2.75) is 25.4 Å². The molecule has 0 bridgehead atoms. The summed E-state index contributed by atoms with van der Waals surface area (Å²) in [6, 6.07) is 17.7. The van der Waals surface area contributed by atoms with E-state index in [1.54, 1.807) is 28.9 Å². The minimum Gasteiger partial charge on any atom is -0.334 e. The highest BCUT2D eigenvalue weighted by atomic mass is 16.2. The zero-order chi connectivity index (χ0) is 16.9. The summed E-state index contributed by atoms with van der Waals surface area (Å²) in [6.07, 6.45) is 2.70. The summed E-state index contributed by atoms with van der Waals surface area (Å²) < 4.78 is 1.79. The van der Waals surface area contributed by atoms with Gasteiger partial charge in [0.15, 0.2) is 12.3 Å². The summed E-state index contributed by atoms with van der Waals surface area (Å²) in [5, 5.41) is 2.87. The van der Waals surface area contributed by atoms with Crippen molar-refractivity contribution in [2.75, 3.05) is 0 Å². The number of hydrazine groups is 1. The first-order valence-electron chi connectivity index (χ1n) is 8.03. The van der Waals surface area contributed by atoms with E-state index in [0.29, 0.717) is 5.56 Å². The SMILES string of the molecule is CC/C=[N+]1/NC(=O)[C@H](NC(=O)c2ccccc2)[C@H]1c1ccccc1. The number of nitrogens with zero attached hydrogens (tertiary/aromatic N) is 1. The second-order valence-corrected chi connectivity index (χ2v) is 5.65. The highest BCUT2D eigenvalue weighted by Crippen LogP contribution is 2.25. The van der Waals surface area contributed by atoms with Gasteiger partial charge < -0.3 is 5.32 Å². The van der Waals surface area contributed by atoms with Gasteiger partial charge in [-0.15, -0.1) is 10.1 Å². The fraction of sp³-hybridized carbons (Fsp3) is 0.211. The Morgan fingerprint density at radius 3 is 2.38 bits per heavy atom. The number of carbonyl (C=O) groups is 2. The summed E-state index contributed by atoms with van der Waals surface area (Å²) in [5.74, 6) is -0.465. The second kappa shape index (κ2) is 7.08. The topological polar surface area (TPSA) is 61.2 Å². The van der Waals surface area contributed by atoms with Crippen LogP contribution in [0.25, 0.3) is 0 Å². The van der Waals surface area contributed by atoms with E-state index in [2.05, 4.69) is 10.7 Å². The van der Waals surface area contributed by atoms with Gasteiger partial charge in [-0.05, 0) is 12.1 Å². The van der Waals surface area contributed by atoms with E-state index >= 15 is 0 Å². The molecule has 0 saturated carbocycles. The zero-order valence-corrected chi connectivity index (χ0v) is 13.5. The minimum atomic E-state index is -0.650. The molecule has 3 rings (SSSR count). The lowest BCUT2D eigenvalue weighted by Gasteiger charge is -2.14. The largest absolute Gasteiger partial charge is 0.334 e. The van der Waals surface area contributed by atoms with Crippen LogP contribution in [0.1, 0.15) is 35.3 Å². The highest BCUT2D eigenvalue weighted by molar-refractivity contribution is 5.98. The smallest absolute Gasteiger partial charge is 0.304 e. The Bertz CT molecular complexity index is 757. The van der Waals surface area contributed by atoms with Crippen molar-refractivity contribution < 1.29 is 14.3 Å². The Labute approximate surface area is 141 Å². The molecule has 0 unspecified atom stereocenters. The van der Waals surface area contributed by atoms with Gasteiger partial charge in [-0.25, -0.2) is 0 Å². The fourth-order valence-electron chi connectivity index (χ4n) is 2.89. The Morgan fingerprint density at radius 1 is 1.12 bits per heavy atom. The Kier molecular flexibility index (Phi) is 4.70. The van der Waals surface area contributed by atoms with Gasteiger partial charge in [-0.3, -0.25) is 9.59 Å². The van der Waals surface area contributed by atoms with Crippen molar-refractivity contribution in [2.24, 2.45) is 0 Å². The molecule has 24 heavy (non-hydrogen) atoms. The molecule has 122 valence electrons. The Hall–Kier alpha value is -2.95. The van der Waals surface area contributed by atoms with Crippen LogP contribution in [0.4, 0.5) is 0 Å². The molecule has 2 aromatic rings. The first-order chi connectivity index (χ1) is 11.7. The molecule has 2 atom stereocenters. The Morgan fingerprint density at radius 2 is 1.75 bits per heavy atom. The number of rotatable bonds is 4. The summed E-state index contributed by atoms with van der Waals surface area (Å²) in [4.78, 5) is 24.9. The zero-order valence-electron chi connectivity index (χ0n) is 13.5. The van der Waals surface area contributed by atoms with Gasteiger partial charge in [0.05, 0.1) is 0 Å². The summed E-state index contributed by atoms with van der Waals surface area (Å²) >= 11 is 0. The van der Waals surface area contributed by atoms with Crippen LogP contribution < -0.4 is 10.7 Å². The number of amides is 2. The maximum Gasteiger partial charge on any atom is 0.304 e. The molecule has 0 radical (unpaired) electrons. The average molecular weight is 322 g/mol. The normalized spacial score (nSPS) is 21.5. The van der Waals surface area contributed by atoms with Gasteiger partial charge in [0, 0.05) is 17.5 Å². The van der Waals surface area contributed by atoms with Crippen molar-refractivity contribution in [3.05, 3.63) is 71.8 Å². The predicted molar refractivity (Wildman–Crippen MR) is 91.6 cm³/mol. The third kappa shape index (κ3) is 3.20. The lowest BCUT2D eigenvalue weighted by Crippen LogP contribution is -2.42. The monoisotopic (exact) mass is 322 g/mol. The van der Waals surface area contributed by atoms with E-state index in [9.17, 15) is 9.59 Å². The third-order valence-corrected chi connectivity index (χ3v) is 3.98. The molecule has 0 spiro atoms. The molecule has 1 saturated heterocycles. The van der Waals surface area contributed by atoms with E-state index in [4.69, 9.17) is 0 Å². The number of nitrogens with one attached hydrogen (secondary N) is 2. The highest BCUT2D eigenvalue weighted by Gasteiger charge is 2.47. The number of benzene rings is 2. The molecule has 1 aliphatic heterocycles. The molecule has 2 N–H and O–H groups in total. The Balaban J connectivity index is 1.91. The lowest BCUT2D eigenvalue weighted by molar-refractivity contribution is -0.597. The molecule has 1 heterocycles. The lowest BCUT2D eigenvalue weighted by atomic mass is 10.00. The van der Waals surface area contributed by atoms with E-state index in [0.717, 1.165) is 12.0 Å². The van der Waals surface area contributed by atoms with E-state index in [1.165, 1.54) is 0 Å². The molecule has 0 aromatic heterocycles. The molecule has 2 amide bonds. The molecule has 1 aliphatic rings. The van der Waals surface area contributed by atoms with E-state index in [-0.39, 0.29) is 17.9 Å². The van der Waals surface area contributed by atoms with Gasteiger partial charge in [0.1, 0.15) is 0 Å². The van der Waals surface area contributed by atoms with Crippen molar-refractivity contribution in [1.29, 1.82) is 0 Å². The van der Waals surface area contributed by atoms with Gasteiger partial charge >= 0.3 is 5.91 Å². The first-order valence-corrected chi connectivity index (χ1v) is 8.03. The number of hydrogen-bond acceptors (Lipinski definition) is 2. The number of hydrogen-bond donors (Lipinski definition) is 2. The number of hydrazone groups is 1. The van der Waals surface area contributed by atoms with Crippen LogP contribution in [0, 0.1) is 0 Å². The summed E-state index contributed by atoms with van der Waals surface area (Å²) in [7, 11) is 0. The van der Waals surface area contributed by atoms with Crippen LogP contribution in [0.5, 0.6) is 0 Å². The van der Waals surface area contributed by atoms with Crippen LogP contribution in [0.2, 0.25) is 0 Å². The molecule has 2 aromatic carbocycles. The fourth-order valence-corrected chi connectivity index (χ4v) is 2.89. The minimum absolute atomic E-state index is 0.210. The average Bonchev–Trinajstić information content (AvgIpc) is 2.92. The first kappa shape index (κ1) is 15.9. The molecular weight excluding hydrogens is 302 g/mol. The molecule has 5 heteroatoms. The molecule has 0 aliphatic carbocycles. The summed E-state index contributed by atoms with van der Waals surface area (Å²) in [6.45, 7) is 2.00. The van der Waals surface area contributed by atoms with Crippen LogP contribution in [-0.4, -0.2) is 28.8 Å². The van der Waals surface area contributed by atoms with Crippen molar-refractivity contribution in [3.8, 4) is 0 Å².